The minimum Gasteiger partial charge on any atom is -0.391 e. The van der Waals surface area contributed by atoms with Crippen LogP contribution in [0.2, 0.25) is 0 Å². The van der Waals surface area contributed by atoms with Gasteiger partial charge in [0.1, 0.15) is 0 Å². The molecule has 0 saturated heterocycles. The Bertz CT molecular complexity index is 471. The summed E-state index contributed by atoms with van der Waals surface area (Å²) in [4.78, 5) is 22.8. The third-order valence-electron chi connectivity index (χ3n) is 3.53. The Morgan fingerprint density at radius 1 is 1.19 bits per heavy atom. The van der Waals surface area contributed by atoms with Crippen LogP contribution in [0.15, 0.2) is 24.3 Å². The van der Waals surface area contributed by atoms with Crippen molar-refractivity contribution in [3.05, 3.63) is 35.4 Å². The fourth-order valence-corrected chi connectivity index (χ4v) is 1.77. The third-order valence-corrected chi connectivity index (χ3v) is 3.53. The molecule has 3 N–H and O–H groups in total. The number of carbonyl (C=O) groups excluding carboxylic acids is 2. The van der Waals surface area contributed by atoms with Crippen LogP contribution in [0.25, 0.3) is 0 Å². The molecule has 1 rings (SSSR count). The fraction of sp³-hybridized carbons (Fsp3) is 0.500. The maximum atomic E-state index is 11.9. The molecule has 0 radical (unpaired) electrons. The van der Waals surface area contributed by atoms with Crippen LogP contribution in [0.5, 0.6) is 0 Å². The van der Waals surface area contributed by atoms with Crippen molar-refractivity contribution in [2.24, 2.45) is 5.92 Å². The molecule has 0 aliphatic heterocycles. The third kappa shape index (κ3) is 5.95. The van der Waals surface area contributed by atoms with Gasteiger partial charge in [-0.1, -0.05) is 32.4 Å². The lowest BCUT2D eigenvalue weighted by molar-refractivity contribution is -0.119. The van der Waals surface area contributed by atoms with E-state index in [-0.39, 0.29) is 24.3 Å². The van der Waals surface area contributed by atoms with Gasteiger partial charge in [-0.3, -0.25) is 9.59 Å². The first kappa shape index (κ1) is 17.2. The van der Waals surface area contributed by atoms with Gasteiger partial charge in [0.15, 0.2) is 0 Å². The summed E-state index contributed by atoms with van der Waals surface area (Å²) < 4.78 is 0. The number of rotatable bonds is 7. The molecule has 1 aromatic rings. The zero-order valence-corrected chi connectivity index (χ0v) is 12.8. The lowest BCUT2D eigenvalue weighted by Crippen LogP contribution is -2.35. The van der Waals surface area contributed by atoms with Gasteiger partial charge in [-0.25, -0.2) is 0 Å². The Labute approximate surface area is 125 Å². The highest BCUT2D eigenvalue weighted by atomic mass is 16.3. The first-order valence-corrected chi connectivity index (χ1v) is 7.23. The highest BCUT2D eigenvalue weighted by Crippen LogP contribution is 2.07. The molecule has 0 fully saturated rings. The van der Waals surface area contributed by atoms with E-state index in [0.29, 0.717) is 12.1 Å². The summed E-state index contributed by atoms with van der Waals surface area (Å²) in [5, 5.41) is 15.2. The van der Waals surface area contributed by atoms with Gasteiger partial charge in [0.25, 0.3) is 5.91 Å². The van der Waals surface area contributed by atoms with Gasteiger partial charge in [0.05, 0.1) is 6.10 Å². The second-order valence-electron chi connectivity index (χ2n) is 5.27. The van der Waals surface area contributed by atoms with Crippen LogP contribution < -0.4 is 10.6 Å². The molecule has 0 aliphatic carbocycles. The van der Waals surface area contributed by atoms with Gasteiger partial charge >= 0.3 is 0 Å². The van der Waals surface area contributed by atoms with E-state index in [1.165, 1.54) is 6.92 Å². The predicted octanol–water partition coefficient (Wildman–Crippen LogP) is 1.46. The molecule has 0 aromatic heterocycles. The first-order chi connectivity index (χ1) is 9.93. The van der Waals surface area contributed by atoms with Crippen LogP contribution >= 0.6 is 0 Å². The Balaban J connectivity index is 2.49. The van der Waals surface area contributed by atoms with Gasteiger partial charge in [-0.15, -0.1) is 0 Å². The van der Waals surface area contributed by atoms with Gasteiger partial charge in [-0.2, -0.15) is 0 Å². The Hall–Kier alpha value is -1.88. The average Bonchev–Trinajstić information content (AvgIpc) is 2.49. The van der Waals surface area contributed by atoms with Crippen molar-refractivity contribution in [3.63, 3.8) is 0 Å². The molecule has 2 atom stereocenters. The van der Waals surface area contributed by atoms with Crippen molar-refractivity contribution in [1.82, 2.24) is 10.6 Å². The smallest absolute Gasteiger partial charge is 0.251 e. The average molecular weight is 292 g/mol. The van der Waals surface area contributed by atoms with Crippen molar-refractivity contribution < 1.29 is 14.7 Å². The molecule has 116 valence electrons. The molecular weight excluding hydrogens is 268 g/mol. The van der Waals surface area contributed by atoms with Crippen molar-refractivity contribution in [2.45, 2.75) is 39.8 Å². The summed E-state index contributed by atoms with van der Waals surface area (Å²) in [6.45, 7) is 6.12. The molecule has 0 aliphatic rings. The maximum absolute atomic E-state index is 11.9. The van der Waals surface area contributed by atoms with Gasteiger partial charge in [0.2, 0.25) is 5.91 Å². The number of hydrogen-bond donors (Lipinski definition) is 3. The number of nitrogens with one attached hydrogen (secondary N) is 2. The van der Waals surface area contributed by atoms with E-state index in [2.05, 4.69) is 10.6 Å². The second-order valence-corrected chi connectivity index (χ2v) is 5.27. The number of hydrogen-bond acceptors (Lipinski definition) is 3. The molecule has 2 amide bonds. The normalized spacial score (nSPS) is 13.3. The first-order valence-electron chi connectivity index (χ1n) is 7.23. The van der Waals surface area contributed by atoms with E-state index in [1.54, 1.807) is 24.3 Å². The van der Waals surface area contributed by atoms with Gasteiger partial charge in [0, 0.05) is 25.6 Å². The highest BCUT2D eigenvalue weighted by molar-refractivity contribution is 5.94. The summed E-state index contributed by atoms with van der Waals surface area (Å²) in [6.07, 6.45) is 0.340. The second kappa shape index (κ2) is 8.42. The van der Waals surface area contributed by atoms with Crippen molar-refractivity contribution in [3.8, 4) is 0 Å². The van der Waals surface area contributed by atoms with E-state index >= 15 is 0 Å². The van der Waals surface area contributed by atoms with Crippen molar-refractivity contribution in [2.75, 3.05) is 6.54 Å². The molecule has 1 aromatic carbocycles. The number of aliphatic hydroxyl groups excluding tert-OH is 1. The molecule has 5 nitrogen and oxygen atoms in total. The van der Waals surface area contributed by atoms with E-state index in [0.717, 1.165) is 12.0 Å². The largest absolute Gasteiger partial charge is 0.391 e. The number of amides is 2. The van der Waals surface area contributed by atoms with E-state index in [1.807, 2.05) is 13.8 Å². The topological polar surface area (TPSA) is 78.4 Å². The van der Waals surface area contributed by atoms with Crippen LogP contribution in [0, 0.1) is 5.92 Å². The predicted molar refractivity (Wildman–Crippen MR) is 81.8 cm³/mol. The van der Waals surface area contributed by atoms with E-state index in [4.69, 9.17) is 0 Å². The Morgan fingerprint density at radius 2 is 1.81 bits per heavy atom. The SMILES string of the molecule is CCC(C)C(O)CNC(=O)c1ccc(CNC(C)=O)cc1. The summed E-state index contributed by atoms with van der Waals surface area (Å²) in [5.74, 6) is -0.135. The molecule has 21 heavy (non-hydrogen) atoms. The van der Waals surface area contributed by atoms with Crippen LogP contribution in [-0.2, 0) is 11.3 Å². The molecule has 0 heterocycles. The number of benzene rings is 1. The number of carbonyl (C=O) groups is 2. The van der Waals surface area contributed by atoms with Crippen LogP contribution in [-0.4, -0.2) is 29.6 Å². The molecule has 0 spiro atoms. The minimum atomic E-state index is -0.530. The molecule has 0 saturated carbocycles. The monoisotopic (exact) mass is 292 g/mol. The highest BCUT2D eigenvalue weighted by Gasteiger charge is 2.14. The number of aliphatic hydroxyl groups is 1. The minimum absolute atomic E-state index is 0.0872. The standard InChI is InChI=1S/C16H24N2O3/c1-4-11(2)15(20)10-18-16(21)14-7-5-13(6-8-14)9-17-12(3)19/h5-8,11,15,20H,4,9-10H2,1-3H3,(H,17,19)(H,18,21). The Morgan fingerprint density at radius 3 is 2.33 bits per heavy atom. The fourth-order valence-electron chi connectivity index (χ4n) is 1.77. The van der Waals surface area contributed by atoms with Crippen molar-refractivity contribution in [1.29, 1.82) is 0 Å². The molecular formula is C16H24N2O3. The summed E-state index contributed by atoms with van der Waals surface area (Å²) in [6, 6.07) is 7.02. The maximum Gasteiger partial charge on any atom is 0.251 e. The van der Waals surface area contributed by atoms with Crippen molar-refractivity contribution >= 4 is 11.8 Å². The van der Waals surface area contributed by atoms with Crippen LogP contribution in [0.4, 0.5) is 0 Å². The van der Waals surface area contributed by atoms with E-state index in [9.17, 15) is 14.7 Å². The quantitative estimate of drug-likeness (QED) is 0.712. The zero-order chi connectivity index (χ0) is 15.8. The molecule has 5 heteroatoms. The summed E-state index contributed by atoms with van der Waals surface area (Å²) >= 11 is 0. The van der Waals surface area contributed by atoms with Gasteiger partial charge < -0.3 is 15.7 Å². The Kier molecular flexibility index (Phi) is 6.88. The molecule has 2 unspecified atom stereocenters. The zero-order valence-electron chi connectivity index (χ0n) is 12.8. The lowest BCUT2D eigenvalue weighted by atomic mass is 10.0. The van der Waals surface area contributed by atoms with Crippen LogP contribution in [0.1, 0.15) is 43.1 Å². The summed E-state index contributed by atoms with van der Waals surface area (Å²) in [7, 11) is 0. The lowest BCUT2D eigenvalue weighted by Gasteiger charge is -2.17. The van der Waals surface area contributed by atoms with Crippen LogP contribution in [0.3, 0.4) is 0 Å². The summed E-state index contributed by atoms with van der Waals surface area (Å²) in [5.41, 5.74) is 1.47. The van der Waals surface area contributed by atoms with E-state index < -0.39 is 6.10 Å². The van der Waals surface area contributed by atoms with Gasteiger partial charge in [-0.05, 0) is 23.6 Å². The molecule has 0 bridgehead atoms.